The van der Waals surface area contributed by atoms with Gasteiger partial charge in [-0.3, -0.25) is 0 Å². The van der Waals surface area contributed by atoms with E-state index in [2.05, 4.69) is 15.9 Å². The van der Waals surface area contributed by atoms with E-state index in [1.54, 1.807) is 0 Å². The quantitative estimate of drug-likeness (QED) is 0.820. The van der Waals surface area contributed by atoms with E-state index >= 15 is 0 Å². The first-order valence-electron chi connectivity index (χ1n) is 4.98. The Morgan fingerprint density at radius 1 is 1.00 bits per heavy atom. The Kier molecular flexibility index (Phi) is 3.74. The molecular formula is C13H9BrF2O. The molecule has 0 N–H and O–H groups in total. The van der Waals surface area contributed by atoms with Crippen molar-refractivity contribution in [1.29, 1.82) is 0 Å². The molecule has 1 nitrogen and oxygen atoms in total. The molecule has 0 amide bonds. The second kappa shape index (κ2) is 5.27. The summed E-state index contributed by atoms with van der Waals surface area (Å²) in [5.41, 5.74) is 0.942. The largest absolute Gasteiger partial charge is 0.489 e. The van der Waals surface area contributed by atoms with E-state index in [9.17, 15) is 8.78 Å². The zero-order valence-corrected chi connectivity index (χ0v) is 10.4. The third-order valence-corrected chi connectivity index (χ3v) is 3.02. The summed E-state index contributed by atoms with van der Waals surface area (Å²) in [4.78, 5) is 0. The van der Waals surface area contributed by atoms with Crippen LogP contribution in [-0.2, 0) is 6.61 Å². The van der Waals surface area contributed by atoms with Crippen LogP contribution in [0.25, 0.3) is 0 Å². The van der Waals surface area contributed by atoms with Gasteiger partial charge in [0.1, 0.15) is 12.4 Å². The fourth-order valence-corrected chi connectivity index (χ4v) is 1.74. The van der Waals surface area contributed by atoms with Crippen molar-refractivity contribution in [2.45, 2.75) is 6.61 Å². The Morgan fingerprint density at radius 2 is 1.76 bits per heavy atom. The van der Waals surface area contributed by atoms with E-state index < -0.39 is 11.6 Å². The first-order valence-corrected chi connectivity index (χ1v) is 5.77. The van der Waals surface area contributed by atoms with Crippen molar-refractivity contribution in [1.82, 2.24) is 0 Å². The molecule has 0 aromatic heterocycles. The van der Waals surface area contributed by atoms with Gasteiger partial charge < -0.3 is 4.74 Å². The minimum absolute atomic E-state index is 0.298. The Morgan fingerprint density at radius 3 is 2.47 bits per heavy atom. The normalized spacial score (nSPS) is 10.3. The second-order valence-electron chi connectivity index (χ2n) is 3.46. The highest BCUT2D eigenvalue weighted by atomic mass is 79.9. The molecule has 2 rings (SSSR count). The van der Waals surface area contributed by atoms with Gasteiger partial charge in [-0.25, -0.2) is 8.78 Å². The van der Waals surface area contributed by atoms with Gasteiger partial charge in [-0.15, -0.1) is 0 Å². The van der Waals surface area contributed by atoms with Gasteiger partial charge in [-0.2, -0.15) is 0 Å². The number of hydrogen-bond donors (Lipinski definition) is 0. The minimum Gasteiger partial charge on any atom is -0.489 e. The average molecular weight is 299 g/mol. The molecule has 4 heteroatoms. The van der Waals surface area contributed by atoms with Gasteiger partial charge in [0.2, 0.25) is 0 Å². The molecule has 0 saturated heterocycles. The number of ether oxygens (including phenoxy) is 1. The van der Waals surface area contributed by atoms with Gasteiger partial charge in [0.25, 0.3) is 0 Å². The van der Waals surface area contributed by atoms with Gasteiger partial charge in [-0.05, 0) is 18.2 Å². The predicted octanol–water partition coefficient (Wildman–Crippen LogP) is 4.31. The topological polar surface area (TPSA) is 9.23 Å². The molecule has 0 spiro atoms. The Labute approximate surface area is 106 Å². The number of halogens is 3. The van der Waals surface area contributed by atoms with Gasteiger partial charge in [-0.1, -0.05) is 34.1 Å². The van der Waals surface area contributed by atoms with Crippen LogP contribution < -0.4 is 4.74 Å². The molecule has 2 aromatic carbocycles. The summed E-state index contributed by atoms with van der Waals surface area (Å²) in [5, 5.41) is 0. The maximum atomic E-state index is 12.9. The third-order valence-electron chi connectivity index (χ3n) is 2.24. The lowest BCUT2D eigenvalue weighted by Gasteiger charge is -2.07. The SMILES string of the molecule is Fc1ccc(OCc2ccccc2Br)cc1F. The van der Waals surface area contributed by atoms with Crippen LogP contribution in [0.2, 0.25) is 0 Å². The molecule has 0 saturated carbocycles. The first-order chi connectivity index (χ1) is 8.16. The van der Waals surface area contributed by atoms with Gasteiger partial charge >= 0.3 is 0 Å². The van der Waals surface area contributed by atoms with Crippen molar-refractivity contribution in [3.8, 4) is 5.75 Å². The lowest BCUT2D eigenvalue weighted by Crippen LogP contribution is -1.97. The summed E-state index contributed by atoms with van der Waals surface area (Å²) in [6.07, 6.45) is 0. The van der Waals surface area contributed by atoms with Crippen LogP contribution in [0.3, 0.4) is 0 Å². The van der Waals surface area contributed by atoms with Crippen LogP contribution in [0, 0.1) is 11.6 Å². The minimum atomic E-state index is -0.908. The number of hydrogen-bond acceptors (Lipinski definition) is 1. The summed E-state index contributed by atoms with van der Waals surface area (Å²) >= 11 is 3.38. The molecule has 0 aliphatic carbocycles. The molecule has 0 heterocycles. The molecule has 0 unspecified atom stereocenters. The first kappa shape index (κ1) is 12.0. The van der Waals surface area contributed by atoms with E-state index in [1.165, 1.54) is 6.07 Å². The Bertz CT molecular complexity index is 529. The van der Waals surface area contributed by atoms with Crippen molar-refractivity contribution in [2.24, 2.45) is 0 Å². The Balaban J connectivity index is 2.08. The highest BCUT2D eigenvalue weighted by Gasteiger charge is 2.04. The molecule has 0 aliphatic heterocycles. The van der Waals surface area contributed by atoms with Crippen molar-refractivity contribution in [3.05, 3.63) is 64.1 Å². The van der Waals surface area contributed by atoms with Crippen molar-refractivity contribution in [2.75, 3.05) is 0 Å². The predicted molar refractivity (Wildman–Crippen MR) is 64.8 cm³/mol. The third kappa shape index (κ3) is 3.03. The van der Waals surface area contributed by atoms with E-state index in [0.29, 0.717) is 12.4 Å². The lowest BCUT2D eigenvalue weighted by atomic mass is 10.2. The van der Waals surface area contributed by atoms with Crippen molar-refractivity contribution >= 4 is 15.9 Å². The molecule has 2 aromatic rings. The van der Waals surface area contributed by atoms with Crippen LogP contribution in [0.15, 0.2) is 46.9 Å². The van der Waals surface area contributed by atoms with Crippen LogP contribution in [0.1, 0.15) is 5.56 Å². The summed E-state index contributed by atoms with van der Waals surface area (Å²) < 4.78 is 31.9. The standard InChI is InChI=1S/C13H9BrF2O/c14-11-4-2-1-3-9(11)8-17-10-5-6-12(15)13(16)7-10/h1-7H,8H2. The maximum absolute atomic E-state index is 12.9. The molecular weight excluding hydrogens is 290 g/mol. The van der Waals surface area contributed by atoms with Crippen LogP contribution in [0.4, 0.5) is 8.78 Å². The summed E-state index contributed by atoms with van der Waals surface area (Å²) in [7, 11) is 0. The molecule has 0 aliphatic rings. The van der Waals surface area contributed by atoms with Crippen LogP contribution in [-0.4, -0.2) is 0 Å². The highest BCUT2D eigenvalue weighted by molar-refractivity contribution is 9.10. The van der Waals surface area contributed by atoms with Crippen molar-refractivity contribution < 1.29 is 13.5 Å². The van der Waals surface area contributed by atoms with Crippen molar-refractivity contribution in [3.63, 3.8) is 0 Å². The number of rotatable bonds is 3. The van der Waals surface area contributed by atoms with Crippen LogP contribution >= 0.6 is 15.9 Å². The maximum Gasteiger partial charge on any atom is 0.162 e. The molecule has 0 fully saturated rings. The van der Waals surface area contributed by atoms with E-state index in [0.717, 1.165) is 22.2 Å². The van der Waals surface area contributed by atoms with Gasteiger partial charge in [0.15, 0.2) is 11.6 Å². The molecule has 0 atom stereocenters. The fourth-order valence-electron chi connectivity index (χ4n) is 1.34. The second-order valence-corrected chi connectivity index (χ2v) is 4.31. The van der Waals surface area contributed by atoms with Gasteiger partial charge in [0, 0.05) is 16.1 Å². The molecule has 0 bridgehead atoms. The molecule has 0 radical (unpaired) electrons. The fraction of sp³-hybridized carbons (Fsp3) is 0.0769. The summed E-state index contributed by atoms with van der Waals surface area (Å²) in [6.45, 7) is 0.298. The van der Waals surface area contributed by atoms with E-state index in [-0.39, 0.29) is 0 Å². The summed E-state index contributed by atoms with van der Waals surface area (Å²) in [6, 6.07) is 11.0. The van der Waals surface area contributed by atoms with Gasteiger partial charge in [0.05, 0.1) is 0 Å². The molecule has 88 valence electrons. The monoisotopic (exact) mass is 298 g/mol. The number of benzene rings is 2. The van der Waals surface area contributed by atoms with Crippen LogP contribution in [0.5, 0.6) is 5.75 Å². The summed E-state index contributed by atoms with van der Waals surface area (Å²) in [5.74, 6) is -1.48. The zero-order chi connectivity index (χ0) is 12.3. The Hall–Kier alpha value is -1.42. The lowest BCUT2D eigenvalue weighted by molar-refractivity contribution is 0.302. The van der Waals surface area contributed by atoms with E-state index in [4.69, 9.17) is 4.74 Å². The smallest absolute Gasteiger partial charge is 0.162 e. The van der Waals surface area contributed by atoms with E-state index in [1.807, 2.05) is 24.3 Å². The average Bonchev–Trinajstić information content (AvgIpc) is 2.32. The highest BCUT2D eigenvalue weighted by Crippen LogP contribution is 2.20. The zero-order valence-electron chi connectivity index (χ0n) is 8.79. The molecule has 17 heavy (non-hydrogen) atoms.